The molecule has 6 nitrogen and oxygen atoms in total. The van der Waals surface area contributed by atoms with E-state index in [-0.39, 0.29) is 11.0 Å². The molecule has 4 aromatic rings. The Morgan fingerprint density at radius 3 is 2.72 bits per heavy atom. The van der Waals surface area contributed by atoms with E-state index in [4.69, 9.17) is 21.1 Å². The Morgan fingerprint density at radius 1 is 1.19 bits per heavy atom. The molecule has 2 N–H and O–H groups in total. The van der Waals surface area contributed by atoms with E-state index in [1.807, 2.05) is 30.3 Å². The van der Waals surface area contributed by atoms with Gasteiger partial charge in [0.25, 0.3) is 0 Å². The highest BCUT2D eigenvalue weighted by Gasteiger charge is 2.11. The van der Waals surface area contributed by atoms with Crippen molar-refractivity contribution in [1.82, 2.24) is 10.3 Å². The minimum atomic E-state index is -0.348. The van der Waals surface area contributed by atoms with Crippen molar-refractivity contribution in [2.75, 3.05) is 5.32 Å². The molecule has 32 heavy (non-hydrogen) atoms. The molecule has 0 bridgehead atoms. The van der Waals surface area contributed by atoms with Crippen LogP contribution in [0.3, 0.4) is 0 Å². The zero-order valence-corrected chi connectivity index (χ0v) is 18.6. The lowest BCUT2D eigenvalue weighted by molar-refractivity contribution is -0.115. The Labute approximate surface area is 191 Å². The van der Waals surface area contributed by atoms with Crippen molar-refractivity contribution in [3.8, 4) is 11.5 Å². The number of thiocarbonyl (C=S) groups is 1. The molecule has 0 saturated heterocycles. The summed E-state index contributed by atoms with van der Waals surface area (Å²) in [4.78, 5) is 16.6. The number of rotatable bonds is 6. The normalized spacial score (nSPS) is 12.2. The summed E-state index contributed by atoms with van der Waals surface area (Å²) in [6.45, 7) is 4.38. The van der Waals surface area contributed by atoms with Gasteiger partial charge in [0.15, 0.2) is 10.7 Å². The van der Waals surface area contributed by atoms with Gasteiger partial charge < -0.3 is 14.2 Å². The number of carbonyl (C=O) groups excluding carboxylic acids is 1. The van der Waals surface area contributed by atoms with E-state index < -0.39 is 0 Å². The summed E-state index contributed by atoms with van der Waals surface area (Å²) < 4.78 is 11.1. The van der Waals surface area contributed by atoms with E-state index in [2.05, 4.69) is 41.6 Å². The molecule has 0 fully saturated rings. The van der Waals surface area contributed by atoms with Gasteiger partial charge in [0.1, 0.15) is 11.3 Å². The lowest BCUT2D eigenvalue weighted by Crippen LogP contribution is -2.32. The van der Waals surface area contributed by atoms with Gasteiger partial charge in [-0.2, -0.15) is 0 Å². The van der Waals surface area contributed by atoms with Crippen LogP contribution in [0.2, 0.25) is 0 Å². The van der Waals surface area contributed by atoms with E-state index in [1.165, 1.54) is 11.6 Å². The maximum absolute atomic E-state index is 12.0. The molecule has 0 spiro atoms. The SMILES string of the molecule is CCC(C)c1ccc2oc(-c3ccc(NC(=S)NC(=O)C=Cc4ccco4)cc3)nc2c1. The molecule has 0 aliphatic carbocycles. The molecule has 0 aliphatic rings. The molecule has 2 heterocycles. The number of carbonyl (C=O) groups is 1. The fraction of sp³-hybridized carbons (Fsp3) is 0.160. The second-order valence-corrected chi connectivity index (χ2v) is 7.83. The van der Waals surface area contributed by atoms with E-state index in [9.17, 15) is 4.79 Å². The van der Waals surface area contributed by atoms with E-state index >= 15 is 0 Å². The Balaban J connectivity index is 1.39. The third-order valence-electron chi connectivity index (χ3n) is 5.16. The molecule has 0 radical (unpaired) electrons. The first-order chi connectivity index (χ1) is 15.5. The standard InChI is InChI=1S/C25H23N3O3S/c1-3-16(2)18-8-12-22-21(15-18)27-24(31-22)17-6-9-19(10-7-17)26-25(32)28-23(29)13-11-20-5-4-14-30-20/h4-16H,3H2,1-2H3,(H2,26,28,29,32). The summed E-state index contributed by atoms with van der Waals surface area (Å²) in [5.41, 5.74) is 4.47. The number of hydrogen-bond acceptors (Lipinski definition) is 5. The largest absolute Gasteiger partial charge is 0.465 e. The first-order valence-corrected chi connectivity index (χ1v) is 10.8. The molecule has 0 aliphatic heterocycles. The van der Waals surface area contributed by atoms with Gasteiger partial charge in [0.05, 0.1) is 6.26 Å². The van der Waals surface area contributed by atoms with Crippen LogP contribution in [0.25, 0.3) is 28.6 Å². The molecule has 1 unspecified atom stereocenters. The van der Waals surface area contributed by atoms with Crippen LogP contribution in [0.4, 0.5) is 5.69 Å². The van der Waals surface area contributed by atoms with Crippen molar-refractivity contribution in [3.05, 3.63) is 78.3 Å². The number of furan rings is 1. The van der Waals surface area contributed by atoms with Crippen molar-refractivity contribution >= 4 is 46.1 Å². The summed E-state index contributed by atoms with van der Waals surface area (Å²) >= 11 is 5.21. The van der Waals surface area contributed by atoms with Gasteiger partial charge in [-0.1, -0.05) is 19.9 Å². The van der Waals surface area contributed by atoms with Crippen LogP contribution in [-0.2, 0) is 4.79 Å². The van der Waals surface area contributed by atoms with Crippen LogP contribution in [0.5, 0.6) is 0 Å². The molecule has 2 aromatic carbocycles. The smallest absolute Gasteiger partial charge is 0.250 e. The topological polar surface area (TPSA) is 80.3 Å². The average Bonchev–Trinajstić information content (AvgIpc) is 3.46. The van der Waals surface area contributed by atoms with Crippen LogP contribution in [0, 0.1) is 0 Å². The molecule has 1 atom stereocenters. The number of hydrogen-bond donors (Lipinski definition) is 2. The zero-order chi connectivity index (χ0) is 22.5. The second kappa shape index (κ2) is 9.62. The van der Waals surface area contributed by atoms with E-state index in [1.54, 1.807) is 24.5 Å². The Bertz CT molecular complexity index is 1260. The lowest BCUT2D eigenvalue weighted by atomic mass is 9.98. The molecule has 1 amide bonds. The maximum atomic E-state index is 12.0. The van der Waals surface area contributed by atoms with Crippen LogP contribution in [-0.4, -0.2) is 16.0 Å². The van der Waals surface area contributed by atoms with Gasteiger partial charge in [-0.3, -0.25) is 10.1 Å². The third kappa shape index (κ3) is 5.12. The van der Waals surface area contributed by atoms with Gasteiger partial charge >= 0.3 is 0 Å². The van der Waals surface area contributed by atoms with Crippen molar-refractivity contribution in [2.45, 2.75) is 26.2 Å². The van der Waals surface area contributed by atoms with Crippen LogP contribution in [0.15, 0.2) is 75.8 Å². The lowest BCUT2D eigenvalue weighted by Gasteiger charge is -2.08. The first-order valence-electron chi connectivity index (χ1n) is 10.4. The van der Waals surface area contributed by atoms with Gasteiger partial charge in [-0.05, 0) is 84.7 Å². The van der Waals surface area contributed by atoms with E-state index in [0.717, 1.165) is 28.8 Å². The molecular formula is C25H23N3O3S. The quantitative estimate of drug-likeness (QED) is 0.275. The summed E-state index contributed by atoms with van der Waals surface area (Å²) in [6, 6.07) is 17.2. The number of aromatic nitrogens is 1. The fourth-order valence-corrected chi connectivity index (χ4v) is 3.38. The summed E-state index contributed by atoms with van der Waals surface area (Å²) in [5, 5.41) is 5.79. The summed E-state index contributed by atoms with van der Waals surface area (Å²) in [5.74, 6) is 1.28. The molecular weight excluding hydrogens is 422 g/mol. The zero-order valence-electron chi connectivity index (χ0n) is 17.8. The second-order valence-electron chi connectivity index (χ2n) is 7.42. The van der Waals surface area contributed by atoms with Crippen LogP contribution < -0.4 is 10.6 Å². The Kier molecular flexibility index (Phi) is 6.47. The highest BCUT2D eigenvalue weighted by atomic mass is 32.1. The summed E-state index contributed by atoms with van der Waals surface area (Å²) in [7, 11) is 0. The van der Waals surface area contributed by atoms with Crippen molar-refractivity contribution < 1.29 is 13.6 Å². The van der Waals surface area contributed by atoms with Crippen molar-refractivity contribution in [1.29, 1.82) is 0 Å². The van der Waals surface area contributed by atoms with Crippen molar-refractivity contribution in [2.24, 2.45) is 0 Å². The average molecular weight is 446 g/mol. The molecule has 2 aromatic heterocycles. The predicted octanol–water partition coefficient (Wildman–Crippen LogP) is 6.13. The number of amides is 1. The van der Waals surface area contributed by atoms with Gasteiger partial charge in [0, 0.05) is 17.3 Å². The van der Waals surface area contributed by atoms with Gasteiger partial charge in [-0.15, -0.1) is 0 Å². The maximum Gasteiger partial charge on any atom is 0.250 e. The molecule has 7 heteroatoms. The monoisotopic (exact) mass is 445 g/mol. The number of anilines is 1. The number of nitrogens with one attached hydrogen (secondary N) is 2. The number of oxazole rings is 1. The minimum Gasteiger partial charge on any atom is -0.465 e. The van der Waals surface area contributed by atoms with Crippen molar-refractivity contribution in [3.63, 3.8) is 0 Å². The van der Waals surface area contributed by atoms with Crippen LogP contribution >= 0.6 is 12.2 Å². The molecule has 162 valence electrons. The molecule has 4 rings (SSSR count). The molecule has 0 saturated carbocycles. The highest BCUT2D eigenvalue weighted by Crippen LogP contribution is 2.28. The number of nitrogens with zero attached hydrogens (tertiary/aromatic N) is 1. The number of fused-ring (bicyclic) bond motifs is 1. The highest BCUT2D eigenvalue weighted by molar-refractivity contribution is 7.80. The van der Waals surface area contributed by atoms with Gasteiger partial charge in [-0.25, -0.2) is 4.98 Å². The Morgan fingerprint density at radius 2 is 2.00 bits per heavy atom. The van der Waals surface area contributed by atoms with Gasteiger partial charge in [0.2, 0.25) is 11.8 Å². The predicted molar refractivity (Wildman–Crippen MR) is 130 cm³/mol. The third-order valence-corrected chi connectivity index (χ3v) is 5.37. The fourth-order valence-electron chi connectivity index (χ4n) is 3.17. The minimum absolute atomic E-state index is 0.200. The van der Waals surface area contributed by atoms with E-state index in [0.29, 0.717) is 17.6 Å². The first kappa shape index (κ1) is 21.5. The number of benzene rings is 2. The summed E-state index contributed by atoms with van der Waals surface area (Å²) in [6.07, 6.45) is 5.54. The van der Waals surface area contributed by atoms with Crippen LogP contribution in [0.1, 0.15) is 37.5 Å². The Hall–Kier alpha value is -3.71.